The van der Waals surface area contributed by atoms with Crippen LogP contribution in [-0.4, -0.2) is 65.8 Å². The molecule has 0 bridgehead atoms. The second-order valence-electron chi connectivity index (χ2n) is 10.7. The summed E-state index contributed by atoms with van der Waals surface area (Å²) >= 11 is 3.51. The van der Waals surface area contributed by atoms with E-state index >= 15 is 0 Å². The molecule has 1 aromatic heterocycles. The maximum absolute atomic E-state index is 14.1. The molecule has 218 valence electrons. The zero-order valence-corrected chi connectivity index (χ0v) is 25.2. The molecule has 2 amide bonds. The Hall–Kier alpha value is -3.30. The molecular weight excluding hydrogens is 586 g/mol. The van der Waals surface area contributed by atoms with Crippen molar-refractivity contribution in [2.75, 3.05) is 33.6 Å². The summed E-state index contributed by atoms with van der Waals surface area (Å²) in [5.41, 5.74) is 2.76. The number of amides is 2. The van der Waals surface area contributed by atoms with E-state index in [2.05, 4.69) is 44.9 Å². The van der Waals surface area contributed by atoms with Gasteiger partial charge in [0.2, 0.25) is 12.7 Å². The number of aromatic nitrogens is 1. The van der Waals surface area contributed by atoms with Crippen molar-refractivity contribution in [3.63, 3.8) is 0 Å². The third-order valence-electron chi connectivity index (χ3n) is 7.87. The Morgan fingerprint density at radius 3 is 2.59 bits per heavy atom. The Balaban J connectivity index is 1.35. The van der Waals surface area contributed by atoms with Gasteiger partial charge in [-0.3, -0.25) is 9.59 Å². The molecule has 1 saturated carbocycles. The summed E-state index contributed by atoms with van der Waals surface area (Å²) < 4.78 is 19.4. The van der Waals surface area contributed by atoms with Crippen LogP contribution in [-0.2, 0) is 22.6 Å². The first-order valence-corrected chi connectivity index (χ1v) is 15.2. The summed E-state index contributed by atoms with van der Waals surface area (Å²) in [4.78, 5) is 31.4. The molecule has 5 rings (SSSR count). The van der Waals surface area contributed by atoms with Crippen molar-refractivity contribution >= 4 is 27.7 Å². The molecule has 1 fully saturated rings. The second kappa shape index (κ2) is 14.0. The first-order chi connectivity index (χ1) is 20.0. The topological polar surface area (TPSA) is 73.2 Å². The lowest BCUT2D eigenvalue weighted by Gasteiger charge is -2.36. The van der Waals surface area contributed by atoms with Gasteiger partial charge in [-0.15, -0.1) is 0 Å². The summed E-state index contributed by atoms with van der Waals surface area (Å²) in [5, 5.41) is 0. The van der Waals surface area contributed by atoms with Crippen molar-refractivity contribution < 1.29 is 23.8 Å². The standard InChI is InChI=1S/C32H38BrN3O5/c1-39-18-6-17-35(32(38)25-12-15-29-30(19-25)41-23-40-29)22-31(37)36(27-7-3-2-4-8-27)21-28-9-5-16-34(28)20-24-10-13-26(33)14-11-24/h5,9-16,19,27H,2-4,6-8,17-18,20-23H2,1H3. The van der Waals surface area contributed by atoms with Gasteiger partial charge in [0.25, 0.3) is 5.91 Å². The lowest BCUT2D eigenvalue weighted by Crippen LogP contribution is -2.48. The van der Waals surface area contributed by atoms with Gasteiger partial charge in [0.15, 0.2) is 11.5 Å². The Kier molecular flexibility index (Phi) is 10.0. The van der Waals surface area contributed by atoms with E-state index in [-0.39, 0.29) is 31.2 Å². The zero-order chi connectivity index (χ0) is 28.6. The average molecular weight is 625 g/mol. The van der Waals surface area contributed by atoms with E-state index in [0.29, 0.717) is 43.2 Å². The Bertz CT molecular complexity index is 1320. The Morgan fingerprint density at radius 1 is 1.02 bits per heavy atom. The summed E-state index contributed by atoms with van der Waals surface area (Å²) in [6.45, 7) is 2.33. The van der Waals surface area contributed by atoms with Crippen LogP contribution in [0.2, 0.25) is 0 Å². The monoisotopic (exact) mass is 623 g/mol. The average Bonchev–Trinajstić information content (AvgIpc) is 3.65. The van der Waals surface area contributed by atoms with Crippen LogP contribution in [0.25, 0.3) is 0 Å². The van der Waals surface area contributed by atoms with Gasteiger partial charge in [0.05, 0.1) is 6.54 Å². The van der Waals surface area contributed by atoms with Crippen molar-refractivity contribution in [3.8, 4) is 11.5 Å². The smallest absolute Gasteiger partial charge is 0.254 e. The SMILES string of the molecule is COCCCN(CC(=O)N(Cc1cccn1Cc1ccc(Br)cc1)C1CCCCC1)C(=O)c1ccc2c(c1)OCO2. The minimum atomic E-state index is -0.199. The van der Waals surface area contributed by atoms with E-state index in [4.69, 9.17) is 14.2 Å². The third kappa shape index (κ3) is 7.51. The highest BCUT2D eigenvalue weighted by atomic mass is 79.9. The molecule has 0 saturated heterocycles. The molecule has 8 nitrogen and oxygen atoms in total. The van der Waals surface area contributed by atoms with E-state index in [1.165, 1.54) is 12.0 Å². The van der Waals surface area contributed by atoms with Gasteiger partial charge >= 0.3 is 0 Å². The number of halogens is 1. The molecule has 3 aromatic rings. The highest BCUT2D eigenvalue weighted by Gasteiger charge is 2.29. The van der Waals surface area contributed by atoms with E-state index in [9.17, 15) is 9.59 Å². The van der Waals surface area contributed by atoms with Gasteiger partial charge in [0, 0.05) is 54.8 Å². The maximum Gasteiger partial charge on any atom is 0.254 e. The minimum Gasteiger partial charge on any atom is -0.454 e. The molecule has 1 aliphatic carbocycles. The molecule has 0 atom stereocenters. The Morgan fingerprint density at radius 2 is 1.80 bits per heavy atom. The number of carbonyl (C=O) groups excluding carboxylic acids is 2. The summed E-state index contributed by atoms with van der Waals surface area (Å²) in [7, 11) is 1.64. The molecule has 2 aliphatic rings. The van der Waals surface area contributed by atoms with Crippen LogP contribution in [0.4, 0.5) is 0 Å². The number of ether oxygens (including phenoxy) is 3. The Labute approximate surface area is 250 Å². The fourth-order valence-electron chi connectivity index (χ4n) is 5.64. The number of methoxy groups -OCH3 is 1. The first-order valence-electron chi connectivity index (χ1n) is 14.4. The number of fused-ring (bicyclic) bond motifs is 1. The summed E-state index contributed by atoms with van der Waals surface area (Å²) in [6, 6.07) is 17.8. The van der Waals surface area contributed by atoms with Gasteiger partial charge in [-0.1, -0.05) is 47.3 Å². The quantitative estimate of drug-likeness (QED) is 0.236. The largest absolute Gasteiger partial charge is 0.454 e. The fraction of sp³-hybridized carbons (Fsp3) is 0.438. The van der Waals surface area contributed by atoms with Crippen molar-refractivity contribution in [1.82, 2.24) is 14.4 Å². The van der Waals surface area contributed by atoms with Gasteiger partial charge in [-0.25, -0.2) is 0 Å². The van der Waals surface area contributed by atoms with E-state index in [1.54, 1.807) is 30.2 Å². The molecule has 0 spiro atoms. The maximum atomic E-state index is 14.1. The molecule has 41 heavy (non-hydrogen) atoms. The number of benzene rings is 2. The zero-order valence-electron chi connectivity index (χ0n) is 23.6. The molecule has 2 heterocycles. The predicted octanol–water partition coefficient (Wildman–Crippen LogP) is 5.87. The van der Waals surface area contributed by atoms with Crippen molar-refractivity contribution in [2.45, 2.75) is 57.7 Å². The van der Waals surface area contributed by atoms with Gasteiger partial charge in [-0.2, -0.15) is 0 Å². The summed E-state index contributed by atoms with van der Waals surface area (Å²) in [6.07, 6.45) is 8.10. The number of hydrogen-bond acceptors (Lipinski definition) is 5. The molecule has 2 aromatic carbocycles. The molecule has 0 radical (unpaired) electrons. The molecule has 0 unspecified atom stereocenters. The van der Waals surface area contributed by atoms with Crippen LogP contribution < -0.4 is 9.47 Å². The van der Waals surface area contributed by atoms with E-state index in [0.717, 1.165) is 42.4 Å². The normalized spacial score (nSPS) is 14.7. The number of nitrogens with zero attached hydrogens (tertiary/aromatic N) is 3. The summed E-state index contributed by atoms with van der Waals surface area (Å²) in [5.74, 6) is 0.947. The van der Waals surface area contributed by atoms with Crippen LogP contribution in [0.3, 0.4) is 0 Å². The molecule has 9 heteroatoms. The van der Waals surface area contributed by atoms with E-state index in [1.807, 2.05) is 23.1 Å². The number of rotatable bonds is 12. The number of carbonyl (C=O) groups is 2. The van der Waals surface area contributed by atoms with Crippen molar-refractivity contribution in [3.05, 3.63) is 82.1 Å². The third-order valence-corrected chi connectivity index (χ3v) is 8.40. The lowest BCUT2D eigenvalue weighted by atomic mass is 9.94. The molecule has 0 N–H and O–H groups in total. The number of hydrogen-bond donors (Lipinski definition) is 0. The van der Waals surface area contributed by atoms with Gasteiger partial charge in [0.1, 0.15) is 6.54 Å². The van der Waals surface area contributed by atoms with E-state index < -0.39 is 0 Å². The van der Waals surface area contributed by atoms with Gasteiger partial charge < -0.3 is 28.6 Å². The molecule has 1 aliphatic heterocycles. The van der Waals surface area contributed by atoms with Crippen LogP contribution in [0.1, 0.15) is 60.1 Å². The first kappa shape index (κ1) is 29.2. The second-order valence-corrected chi connectivity index (χ2v) is 11.6. The minimum absolute atomic E-state index is 0.0148. The van der Waals surface area contributed by atoms with Crippen LogP contribution in [0.5, 0.6) is 11.5 Å². The van der Waals surface area contributed by atoms with Crippen molar-refractivity contribution in [1.29, 1.82) is 0 Å². The van der Waals surface area contributed by atoms with Crippen LogP contribution in [0, 0.1) is 0 Å². The van der Waals surface area contributed by atoms with Gasteiger partial charge in [-0.05, 0) is 67.3 Å². The van der Waals surface area contributed by atoms with Crippen molar-refractivity contribution in [2.24, 2.45) is 0 Å². The predicted molar refractivity (Wildman–Crippen MR) is 160 cm³/mol. The van der Waals surface area contributed by atoms with Crippen LogP contribution >= 0.6 is 15.9 Å². The highest BCUT2D eigenvalue weighted by molar-refractivity contribution is 9.10. The molecular formula is C32H38BrN3O5. The van der Waals surface area contributed by atoms with Crippen LogP contribution in [0.15, 0.2) is 65.3 Å². The fourth-order valence-corrected chi connectivity index (χ4v) is 5.90. The highest BCUT2D eigenvalue weighted by Crippen LogP contribution is 2.33. The lowest BCUT2D eigenvalue weighted by molar-refractivity contribution is -0.135.